The van der Waals surface area contributed by atoms with Crippen molar-refractivity contribution in [1.82, 2.24) is 9.88 Å². The van der Waals surface area contributed by atoms with Gasteiger partial charge in [-0.05, 0) is 52.7 Å². The van der Waals surface area contributed by atoms with Gasteiger partial charge in [0.2, 0.25) is 0 Å². The standard InChI is InChI=1S/C18H21BrN4O3/c1-4-25-15-10-13(11-21-22-16-7-5-6-8-20-16)9-14(19)18(15)26-12-17(24)23(2)3/h5-11H,4,12H2,1-3H3,(H,20,22). The number of rotatable bonds is 8. The molecule has 0 atom stereocenters. The highest BCUT2D eigenvalue weighted by molar-refractivity contribution is 9.10. The SMILES string of the molecule is CCOc1cc(C=NNc2ccccn2)cc(Br)c1OCC(=O)N(C)C. The van der Waals surface area contributed by atoms with Crippen LogP contribution in [0.2, 0.25) is 0 Å². The summed E-state index contributed by atoms with van der Waals surface area (Å²) >= 11 is 3.47. The van der Waals surface area contributed by atoms with Crippen LogP contribution in [0.5, 0.6) is 11.5 Å². The number of halogens is 1. The maximum Gasteiger partial charge on any atom is 0.259 e. The Labute approximate surface area is 161 Å². The number of anilines is 1. The second-order valence-electron chi connectivity index (χ2n) is 5.42. The van der Waals surface area contributed by atoms with E-state index in [9.17, 15) is 4.79 Å². The molecule has 1 amide bonds. The maximum absolute atomic E-state index is 11.7. The van der Waals surface area contributed by atoms with Gasteiger partial charge in [-0.25, -0.2) is 4.98 Å². The molecule has 0 saturated heterocycles. The third-order valence-corrected chi connectivity index (χ3v) is 3.82. The van der Waals surface area contributed by atoms with E-state index in [2.05, 4.69) is 31.4 Å². The van der Waals surface area contributed by atoms with E-state index < -0.39 is 0 Å². The molecule has 0 fully saturated rings. The van der Waals surface area contributed by atoms with E-state index in [0.29, 0.717) is 28.4 Å². The first-order valence-corrected chi connectivity index (χ1v) is 8.80. The Kier molecular flexibility index (Phi) is 7.40. The number of hydrazone groups is 1. The number of nitrogens with one attached hydrogen (secondary N) is 1. The second-order valence-corrected chi connectivity index (χ2v) is 6.28. The second kappa shape index (κ2) is 9.76. The maximum atomic E-state index is 11.7. The highest BCUT2D eigenvalue weighted by atomic mass is 79.9. The molecule has 2 aromatic rings. The highest BCUT2D eigenvalue weighted by Gasteiger charge is 2.14. The van der Waals surface area contributed by atoms with Crippen molar-refractivity contribution in [1.29, 1.82) is 0 Å². The van der Waals surface area contributed by atoms with Crippen molar-refractivity contribution in [2.24, 2.45) is 5.10 Å². The minimum Gasteiger partial charge on any atom is -0.490 e. The molecule has 7 nitrogen and oxygen atoms in total. The largest absolute Gasteiger partial charge is 0.490 e. The van der Waals surface area contributed by atoms with Gasteiger partial charge in [0, 0.05) is 20.3 Å². The molecular formula is C18H21BrN4O3. The molecule has 0 aliphatic carbocycles. The summed E-state index contributed by atoms with van der Waals surface area (Å²) in [5, 5.41) is 4.17. The molecular weight excluding hydrogens is 400 g/mol. The molecule has 2 rings (SSSR count). The third kappa shape index (κ3) is 5.73. The molecule has 1 heterocycles. The van der Waals surface area contributed by atoms with Crippen LogP contribution in [0, 0.1) is 0 Å². The summed E-state index contributed by atoms with van der Waals surface area (Å²) < 4.78 is 12.0. The van der Waals surface area contributed by atoms with Crippen molar-refractivity contribution in [3.05, 3.63) is 46.6 Å². The zero-order valence-electron chi connectivity index (χ0n) is 14.9. The topological polar surface area (TPSA) is 76.0 Å². The van der Waals surface area contributed by atoms with Crippen LogP contribution in [0.3, 0.4) is 0 Å². The number of pyridine rings is 1. The molecule has 1 aromatic heterocycles. The minimum absolute atomic E-state index is 0.0691. The third-order valence-electron chi connectivity index (χ3n) is 3.23. The molecule has 26 heavy (non-hydrogen) atoms. The highest BCUT2D eigenvalue weighted by Crippen LogP contribution is 2.36. The van der Waals surface area contributed by atoms with Crippen LogP contribution >= 0.6 is 15.9 Å². The minimum atomic E-state index is -0.135. The summed E-state index contributed by atoms with van der Waals surface area (Å²) in [5.41, 5.74) is 3.65. The van der Waals surface area contributed by atoms with Crippen LogP contribution in [-0.2, 0) is 4.79 Å². The number of hydrogen-bond acceptors (Lipinski definition) is 6. The average molecular weight is 421 g/mol. The number of aromatic nitrogens is 1. The van der Waals surface area contributed by atoms with Gasteiger partial charge in [-0.1, -0.05) is 6.07 Å². The zero-order chi connectivity index (χ0) is 18.9. The van der Waals surface area contributed by atoms with Gasteiger partial charge in [0.15, 0.2) is 18.1 Å². The van der Waals surface area contributed by atoms with E-state index in [4.69, 9.17) is 9.47 Å². The van der Waals surface area contributed by atoms with E-state index in [0.717, 1.165) is 5.56 Å². The number of ether oxygens (including phenoxy) is 2. The van der Waals surface area contributed by atoms with Gasteiger partial charge in [-0.3, -0.25) is 10.2 Å². The van der Waals surface area contributed by atoms with Crippen LogP contribution in [-0.4, -0.2) is 49.3 Å². The van der Waals surface area contributed by atoms with Gasteiger partial charge in [-0.15, -0.1) is 0 Å². The average Bonchev–Trinajstić information content (AvgIpc) is 2.62. The van der Waals surface area contributed by atoms with Gasteiger partial charge >= 0.3 is 0 Å². The Morgan fingerprint density at radius 3 is 2.81 bits per heavy atom. The molecule has 1 N–H and O–H groups in total. The van der Waals surface area contributed by atoms with Crippen LogP contribution in [0.4, 0.5) is 5.82 Å². The van der Waals surface area contributed by atoms with Crippen LogP contribution in [0.25, 0.3) is 0 Å². The lowest BCUT2D eigenvalue weighted by atomic mass is 10.2. The molecule has 138 valence electrons. The first kappa shape index (κ1) is 19.7. The molecule has 0 radical (unpaired) electrons. The van der Waals surface area contributed by atoms with Crippen LogP contribution in [0.1, 0.15) is 12.5 Å². The monoisotopic (exact) mass is 420 g/mol. The van der Waals surface area contributed by atoms with E-state index in [1.54, 1.807) is 32.6 Å². The van der Waals surface area contributed by atoms with Gasteiger partial charge in [0.05, 0.1) is 17.3 Å². The van der Waals surface area contributed by atoms with E-state index >= 15 is 0 Å². The molecule has 0 bridgehead atoms. The number of likely N-dealkylation sites (N-methyl/N-ethyl adjacent to an activating group) is 1. The molecule has 0 saturated carbocycles. The molecule has 0 aliphatic rings. The fourth-order valence-corrected chi connectivity index (χ4v) is 2.50. The number of benzene rings is 1. The first-order chi connectivity index (χ1) is 12.5. The summed E-state index contributed by atoms with van der Waals surface area (Å²) in [5.74, 6) is 1.53. The van der Waals surface area contributed by atoms with Gasteiger partial charge < -0.3 is 14.4 Å². The normalized spacial score (nSPS) is 10.6. The number of hydrogen-bond donors (Lipinski definition) is 1. The predicted octanol–water partition coefficient (Wildman–Crippen LogP) is 3.16. The summed E-state index contributed by atoms with van der Waals surface area (Å²) in [4.78, 5) is 17.3. The quantitative estimate of drug-likeness (QED) is 0.524. The van der Waals surface area contributed by atoms with Crippen molar-refractivity contribution in [3.63, 3.8) is 0 Å². The Hall–Kier alpha value is -2.61. The molecule has 0 aliphatic heterocycles. The number of amides is 1. The molecule has 0 unspecified atom stereocenters. The fraction of sp³-hybridized carbons (Fsp3) is 0.278. The Balaban J connectivity index is 2.15. The zero-order valence-corrected chi connectivity index (χ0v) is 16.5. The Morgan fingerprint density at radius 1 is 1.35 bits per heavy atom. The Bertz CT molecular complexity index is 767. The smallest absolute Gasteiger partial charge is 0.259 e. The van der Waals surface area contributed by atoms with Crippen LogP contribution in [0.15, 0.2) is 46.1 Å². The van der Waals surface area contributed by atoms with Crippen molar-refractivity contribution >= 4 is 33.9 Å². The van der Waals surface area contributed by atoms with Crippen molar-refractivity contribution in [3.8, 4) is 11.5 Å². The molecule has 0 spiro atoms. The van der Waals surface area contributed by atoms with E-state index in [-0.39, 0.29) is 12.5 Å². The van der Waals surface area contributed by atoms with Crippen molar-refractivity contribution < 1.29 is 14.3 Å². The Morgan fingerprint density at radius 2 is 2.15 bits per heavy atom. The van der Waals surface area contributed by atoms with Crippen molar-refractivity contribution in [2.75, 3.05) is 32.7 Å². The number of carbonyl (C=O) groups excluding carboxylic acids is 1. The summed E-state index contributed by atoms with van der Waals surface area (Å²) in [6.45, 7) is 2.28. The van der Waals surface area contributed by atoms with E-state index in [1.807, 2.05) is 31.2 Å². The first-order valence-electron chi connectivity index (χ1n) is 8.00. The predicted molar refractivity (Wildman–Crippen MR) is 105 cm³/mol. The van der Waals surface area contributed by atoms with Crippen molar-refractivity contribution in [2.45, 2.75) is 6.92 Å². The fourth-order valence-electron chi connectivity index (χ4n) is 1.93. The van der Waals surface area contributed by atoms with Gasteiger partial charge in [-0.2, -0.15) is 5.10 Å². The van der Waals surface area contributed by atoms with E-state index in [1.165, 1.54) is 4.90 Å². The summed E-state index contributed by atoms with van der Waals surface area (Å²) in [6, 6.07) is 9.16. The lowest BCUT2D eigenvalue weighted by molar-refractivity contribution is -0.130. The lowest BCUT2D eigenvalue weighted by Crippen LogP contribution is -2.27. The lowest BCUT2D eigenvalue weighted by Gasteiger charge is -2.16. The molecule has 1 aromatic carbocycles. The van der Waals surface area contributed by atoms with Crippen LogP contribution < -0.4 is 14.9 Å². The summed E-state index contributed by atoms with van der Waals surface area (Å²) in [6.07, 6.45) is 3.33. The van der Waals surface area contributed by atoms with Gasteiger partial charge in [0.25, 0.3) is 5.91 Å². The number of carbonyl (C=O) groups is 1. The summed E-state index contributed by atoms with van der Waals surface area (Å²) in [7, 11) is 3.36. The molecule has 8 heteroatoms. The number of nitrogens with zero attached hydrogens (tertiary/aromatic N) is 3. The van der Waals surface area contributed by atoms with Gasteiger partial charge in [0.1, 0.15) is 5.82 Å².